The van der Waals surface area contributed by atoms with Gasteiger partial charge in [-0.15, -0.1) is 0 Å². The van der Waals surface area contributed by atoms with Gasteiger partial charge in [-0.2, -0.15) is 0 Å². The van der Waals surface area contributed by atoms with Crippen LogP contribution in [0.25, 0.3) is 0 Å². The fourth-order valence-corrected chi connectivity index (χ4v) is 1.92. The predicted molar refractivity (Wildman–Crippen MR) is 82.4 cm³/mol. The molecule has 22 heavy (non-hydrogen) atoms. The molecule has 2 aromatic carbocycles. The Labute approximate surface area is 129 Å². The lowest BCUT2D eigenvalue weighted by Crippen LogP contribution is -2.10. The normalized spacial score (nSPS) is 9.91. The van der Waals surface area contributed by atoms with E-state index in [9.17, 15) is 4.79 Å². The number of methoxy groups -OCH3 is 2. The number of hydrogen-bond donors (Lipinski definition) is 0. The SMILES string of the molecule is COc1ccccc1OCCOc1cc(C=O)ccc1OC. The second-order valence-electron chi connectivity index (χ2n) is 4.38. The predicted octanol–water partition coefficient (Wildman–Crippen LogP) is 2.97. The Morgan fingerprint density at radius 3 is 2.05 bits per heavy atom. The lowest BCUT2D eigenvalue weighted by Gasteiger charge is -2.13. The Bertz CT molecular complexity index is 624. The highest BCUT2D eigenvalue weighted by Gasteiger charge is 2.06. The van der Waals surface area contributed by atoms with Crippen molar-refractivity contribution in [2.75, 3.05) is 27.4 Å². The zero-order chi connectivity index (χ0) is 15.8. The molecular formula is C17H18O5. The van der Waals surface area contributed by atoms with Gasteiger partial charge in [0.15, 0.2) is 23.0 Å². The van der Waals surface area contributed by atoms with E-state index in [4.69, 9.17) is 18.9 Å². The maximum atomic E-state index is 10.8. The summed E-state index contributed by atoms with van der Waals surface area (Å²) in [6, 6.07) is 12.4. The third-order valence-electron chi connectivity index (χ3n) is 2.99. The first-order chi connectivity index (χ1) is 10.8. The molecule has 0 saturated carbocycles. The molecule has 5 heteroatoms. The summed E-state index contributed by atoms with van der Waals surface area (Å²) in [4.78, 5) is 10.8. The summed E-state index contributed by atoms with van der Waals surface area (Å²) in [6.07, 6.45) is 0.762. The molecule has 0 heterocycles. The van der Waals surface area contributed by atoms with Crippen LogP contribution in [-0.4, -0.2) is 33.7 Å². The van der Waals surface area contributed by atoms with Gasteiger partial charge in [0.2, 0.25) is 0 Å². The number of aldehydes is 1. The molecule has 0 saturated heterocycles. The summed E-state index contributed by atoms with van der Waals surface area (Å²) in [6.45, 7) is 0.658. The van der Waals surface area contributed by atoms with Crippen LogP contribution in [0.15, 0.2) is 42.5 Å². The summed E-state index contributed by atoms with van der Waals surface area (Å²) < 4.78 is 21.6. The van der Waals surface area contributed by atoms with Gasteiger partial charge in [-0.05, 0) is 30.3 Å². The van der Waals surface area contributed by atoms with Gasteiger partial charge in [-0.1, -0.05) is 12.1 Å². The van der Waals surface area contributed by atoms with Crippen LogP contribution >= 0.6 is 0 Å². The molecule has 0 aliphatic heterocycles. The molecule has 0 amide bonds. The fourth-order valence-electron chi connectivity index (χ4n) is 1.92. The van der Waals surface area contributed by atoms with Crippen molar-refractivity contribution in [3.8, 4) is 23.0 Å². The van der Waals surface area contributed by atoms with Crippen molar-refractivity contribution < 1.29 is 23.7 Å². The summed E-state index contributed by atoms with van der Waals surface area (Å²) in [5.74, 6) is 2.41. The van der Waals surface area contributed by atoms with Crippen LogP contribution in [0, 0.1) is 0 Å². The number of carbonyl (C=O) groups excluding carboxylic acids is 1. The average Bonchev–Trinajstić information content (AvgIpc) is 2.58. The van der Waals surface area contributed by atoms with E-state index in [1.165, 1.54) is 0 Å². The Hall–Kier alpha value is -2.69. The first kappa shape index (κ1) is 15.7. The summed E-state index contributed by atoms with van der Waals surface area (Å²) in [5, 5.41) is 0. The zero-order valence-corrected chi connectivity index (χ0v) is 12.6. The highest BCUT2D eigenvalue weighted by molar-refractivity contribution is 5.76. The van der Waals surface area contributed by atoms with Crippen LogP contribution < -0.4 is 18.9 Å². The van der Waals surface area contributed by atoms with E-state index in [1.807, 2.05) is 24.3 Å². The van der Waals surface area contributed by atoms with Crippen molar-refractivity contribution in [2.45, 2.75) is 0 Å². The van der Waals surface area contributed by atoms with E-state index < -0.39 is 0 Å². The minimum atomic E-state index is 0.316. The van der Waals surface area contributed by atoms with Gasteiger partial charge < -0.3 is 18.9 Å². The van der Waals surface area contributed by atoms with E-state index in [2.05, 4.69) is 0 Å². The zero-order valence-electron chi connectivity index (χ0n) is 12.6. The smallest absolute Gasteiger partial charge is 0.162 e. The van der Waals surface area contributed by atoms with Crippen LogP contribution in [0.4, 0.5) is 0 Å². The number of para-hydroxylation sites is 2. The van der Waals surface area contributed by atoms with E-state index >= 15 is 0 Å². The van der Waals surface area contributed by atoms with Gasteiger partial charge in [-0.3, -0.25) is 4.79 Å². The lowest BCUT2D eigenvalue weighted by molar-refractivity contribution is 0.112. The van der Waals surface area contributed by atoms with Crippen LogP contribution in [-0.2, 0) is 0 Å². The summed E-state index contributed by atoms with van der Waals surface area (Å²) >= 11 is 0. The molecule has 0 N–H and O–H groups in total. The van der Waals surface area contributed by atoms with Crippen molar-refractivity contribution in [1.82, 2.24) is 0 Å². The van der Waals surface area contributed by atoms with Gasteiger partial charge in [0, 0.05) is 5.56 Å². The van der Waals surface area contributed by atoms with Gasteiger partial charge in [-0.25, -0.2) is 0 Å². The molecule has 5 nitrogen and oxygen atoms in total. The monoisotopic (exact) mass is 302 g/mol. The Kier molecular flexibility index (Phi) is 5.65. The van der Waals surface area contributed by atoms with E-state index in [0.717, 1.165) is 6.29 Å². The maximum Gasteiger partial charge on any atom is 0.162 e. The fraction of sp³-hybridized carbons (Fsp3) is 0.235. The van der Waals surface area contributed by atoms with Crippen molar-refractivity contribution in [3.63, 3.8) is 0 Å². The molecule has 2 rings (SSSR count). The first-order valence-electron chi connectivity index (χ1n) is 6.80. The van der Waals surface area contributed by atoms with Gasteiger partial charge >= 0.3 is 0 Å². The van der Waals surface area contributed by atoms with Crippen molar-refractivity contribution in [3.05, 3.63) is 48.0 Å². The minimum absolute atomic E-state index is 0.316. The molecule has 0 aromatic heterocycles. The van der Waals surface area contributed by atoms with Crippen molar-refractivity contribution in [1.29, 1.82) is 0 Å². The molecule has 0 radical (unpaired) electrons. The third-order valence-corrected chi connectivity index (χ3v) is 2.99. The maximum absolute atomic E-state index is 10.8. The molecule has 0 unspecified atom stereocenters. The van der Waals surface area contributed by atoms with Gasteiger partial charge in [0.05, 0.1) is 14.2 Å². The molecule has 0 spiro atoms. The Balaban J connectivity index is 1.92. The first-order valence-corrected chi connectivity index (χ1v) is 6.80. The number of rotatable bonds is 8. The van der Waals surface area contributed by atoms with Crippen molar-refractivity contribution in [2.24, 2.45) is 0 Å². The molecule has 116 valence electrons. The molecule has 0 aliphatic carbocycles. The number of benzene rings is 2. The number of carbonyl (C=O) groups is 1. The average molecular weight is 302 g/mol. The largest absolute Gasteiger partial charge is 0.493 e. The lowest BCUT2D eigenvalue weighted by atomic mass is 10.2. The van der Waals surface area contributed by atoms with E-state index in [-0.39, 0.29) is 0 Å². The second-order valence-corrected chi connectivity index (χ2v) is 4.38. The van der Waals surface area contributed by atoms with Crippen LogP contribution in [0.1, 0.15) is 10.4 Å². The quantitative estimate of drug-likeness (QED) is 0.554. The van der Waals surface area contributed by atoms with Crippen molar-refractivity contribution >= 4 is 6.29 Å². The van der Waals surface area contributed by atoms with E-state index in [0.29, 0.717) is 41.8 Å². The standard InChI is InChI=1S/C17H18O5/c1-19-14-5-3-4-6-16(14)21-9-10-22-17-11-13(12-18)7-8-15(17)20-2/h3-8,11-12H,9-10H2,1-2H3. The van der Waals surface area contributed by atoms with Gasteiger partial charge in [0.1, 0.15) is 19.5 Å². The molecule has 2 aromatic rings. The highest BCUT2D eigenvalue weighted by atomic mass is 16.5. The minimum Gasteiger partial charge on any atom is -0.493 e. The highest BCUT2D eigenvalue weighted by Crippen LogP contribution is 2.28. The van der Waals surface area contributed by atoms with E-state index in [1.54, 1.807) is 32.4 Å². The summed E-state index contributed by atoms with van der Waals surface area (Å²) in [7, 11) is 3.14. The second kappa shape index (κ2) is 7.93. The third kappa shape index (κ3) is 3.91. The molecule has 0 fully saturated rings. The van der Waals surface area contributed by atoms with Crippen LogP contribution in [0.2, 0.25) is 0 Å². The van der Waals surface area contributed by atoms with Gasteiger partial charge in [0.25, 0.3) is 0 Å². The number of ether oxygens (including phenoxy) is 4. The Morgan fingerprint density at radius 1 is 0.818 bits per heavy atom. The van der Waals surface area contributed by atoms with Crippen LogP contribution in [0.3, 0.4) is 0 Å². The van der Waals surface area contributed by atoms with Crippen LogP contribution in [0.5, 0.6) is 23.0 Å². The number of hydrogen-bond acceptors (Lipinski definition) is 5. The summed E-state index contributed by atoms with van der Waals surface area (Å²) in [5.41, 5.74) is 0.529. The molecular weight excluding hydrogens is 284 g/mol. The Morgan fingerprint density at radius 2 is 1.41 bits per heavy atom. The topological polar surface area (TPSA) is 54.0 Å². The molecule has 0 atom stereocenters. The molecule has 0 bridgehead atoms. The molecule has 0 aliphatic rings.